The van der Waals surface area contributed by atoms with Gasteiger partial charge in [-0.3, -0.25) is 0 Å². The van der Waals surface area contributed by atoms with Crippen LogP contribution in [0.2, 0.25) is 0 Å². The molecular formula is C24H28N4O. The van der Waals surface area contributed by atoms with E-state index in [1.165, 1.54) is 32.1 Å². The van der Waals surface area contributed by atoms with E-state index in [0.29, 0.717) is 11.9 Å². The molecule has 150 valence electrons. The zero-order valence-electron chi connectivity index (χ0n) is 16.9. The monoisotopic (exact) mass is 388 g/mol. The molecule has 1 aromatic carbocycles. The van der Waals surface area contributed by atoms with Crippen molar-refractivity contribution in [3.63, 3.8) is 0 Å². The highest BCUT2D eigenvalue weighted by molar-refractivity contribution is 5.74. The van der Waals surface area contributed by atoms with Gasteiger partial charge in [-0.25, -0.2) is 9.97 Å². The van der Waals surface area contributed by atoms with Gasteiger partial charge in [0.05, 0.1) is 11.1 Å². The summed E-state index contributed by atoms with van der Waals surface area (Å²) < 4.78 is 6.04. The van der Waals surface area contributed by atoms with Crippen molar-refractivity contribution < 1.29 is 4.74 Å². The molecule has 1 aliphatic heterocycles. The van der Waals surface area contributed by atoms with Crippen molar-refractivity contribution in [3.05, 3.63) is 78.9 Å². The molecule has 2 aromatic rings. The van der Waals surface area contributed by atoms with Gasteiger partial charge in [-0.15, -0.1) is 0 Å². The van der Waals surface area contributed by atoms with Gasteiger partial charge in [-0.05, 0) is 44.1 Å². The summed E-state index contributed by atoms with van der Waals surface area (Å²) in [5.41, 5.74) is 6.90. The maximum atomic E-state index is 6.25. The summed E-state index contributed by atoms with van der Waals surface area (Å²) in [6.45, 7) is 6.01. The molecule has 1 atom stereocenters. The van der Waals surface area contributed by atoms with E-state index < -0.39 is 0 Å². The van der Waals surface area contributed by atoms with Crippen molar-refractivity contribution in [2.45, 2.75) is 50.6 Å². The summed E-state index contributed by atoms with van der Waals surface area (Å²) in [4.78, 5) is 11.2. The highest BCUT2D eigenvalue weighted by atomic mass is 16.5. The van der Waals surface area contributed by atoms with Gasteiger partial charge in [-0.2, -0.15) is 0 Å². The van der Waals surface area contributed by atoms with Gasteiger partial charge in [0.15, 0.2) is 0 Å². The molecule has 1 saturated carbocycles. The lowest BCUT2D eigenvalue weighted by Crippen LogP contribution is -2.58. The first-order valence-electron chi connectivity index (χ1n) is 10.3. The van der Waals surface area contributed by atoms with Crippen LogP contribution < -0.4 is 15.4 Å². The molecule has 29 heavy (non-hydrogen) atoms. The van der Waals surface area contributed by atoms with Crippen molar-refractivity contribution >= 4 is 11.6 Å². The number of anilines is 2. The summed E-state index contributed by atoms with van der Waals surface area (Å²) in [6, 6.07) is 10.2. The average Bonchev–Trinajstić information content (AvgIpc) is 2.73. The number of para-hydroxylation sites is 1. The number of rotatable bonds is 6. The fraction of sp³-hybridized carbons (Fsp3) is 0.333. The van der Waals surface area contributed by atoms with E-state index in [1.54, 1.807) is 12.4 Å². The van der Waals surface area contributed by atoms with Crippen molar-refractivity contribution in [3.8, 4) is 5.75 Å². The van der Waals surface area contributed by atoms with Crippen LogP contribution in [0.25, 0.3) is 0 Å². The van der Waals surface area contributed by atoms with Crippen LogP contribution in [0.1, 0.15) is 44.6 Å². The molecule has 1 aromatic heterocycles. The molecule has 0 bridgehead atoms. The van der Waals surface area contributed by atoms with E-state index in [0.717, 1.165) is 22.9 Å². The molecule has 0 saturated heterocycles. The molecule has 2 N–H and O–H groups in total. The highest BCUT2D eigenvalue weighted by Gasteiger charge is 2.50. The molecule has 2 heterocycles. The molecule has 4 rings (SSSR count). The Morgan fingerprint density at radius 1 is 1.21 bits per heavy atom. The fourth-order valence-corrected chi connectivity index (χ4v) is 4.51. The summed E-state index contributed by atoms with van der Waals surface area (Å²) in [5.74, 6) is 3.03. The van der Waals surface area contributed by atoms with E-state index in [9.17, 15) is 0 Å². The number of nitrogens with zero attached hydrogens (tertiary/aromatic N) is 3. The Balaban J connectivity index is 1.65. The first-order valence-corrected chi connectivity index (χ1v) is 10.3. The van der Waals surface area contributed by atoms with Gasteiger partial charge in [0.1, 0.15) is 29.5 Å². The Morgan fingerprint density at radius 3 is 2.69 bits per heavy atom. The van der Waals surface area contributed by atoms with Gasteiger partial charge >= 0.3 is 0 Å². The number of ether oxygens (including phenoxy) is 1. The normalized spacial score (nSPS) is 22.2. The Morgan fingerprint density at radius 2 is 1.97 bits per heavy atom. The molecule has 1 fully saturated rings. The Bertz CT molecular complexity index is 931. The Kier molecular flexibility index (Phi) is 5.38. The van der Waals surface area contributed by atoms with Crippen LogP contribution >= 0.6 is 0 Å². The SMILES string of the molecule is C=C/C=C(\C=C/C1(C)c2c(N)ncnc2N1C1CCCCC1)Oc1ccccc1. The average molecular weight is 389 g/mol. The maximum absolute atomic E-state index is 6.25. The van der Waals surface area contributed by atoms with Crippen LogP contribution in [0.15, 0.2) is 73.3 Å². The van der Waals surface area contributed by atoms with Crippen LogP contribution in [0, 0.1) is 0 Å². The standard InChI is InChI=1S/C24H28N4O/c1-3-10-19(29-20-13-8-5-9-14-20)15-16-24(2)21-22(25)26-17-27-23(21)28(24)18-11-6-4-7-12-18/h3,5,8-10,13-18H,1,4,6-7,11-12H2,2H3,(H2,25,26,27)/b16-15-,19-10+. The molecule has 2 aliphatic rings. The number of hydrogen-bond donors (Lipinski definition) is 1. The van der Waals surface area contributed by atoms with E-state index in [-0.39, 0.29) is 5.54 Å². The first kappa shape index (κ1) is 19.2. The lowest BCUT2D eigenvalue weighted by atomic mass is 9.78. The fourth-order valence-electron chi connectivity index (χ4n) is 4.51. The maximum Gasteiger partial charge on any atom is 0.141 e. The van der Waals surface area contributed by atoms with E-state index in [1.807, 2.05) is 42.5 Å². The minimum atomic E-state index is -0.358. The second kappa shape index (κ2) is 8.11. The molecule has 1 aliphatic carbocycles. The lowest BCUT2D eigenvalue weighted by Gasteiger charge is -2.55. The summed E-state index contributed by atoms with van der Waals surface area (Å²) in [5, 5.41) is 0. The Labute approximate surface area is 172 Å². The minimum absolute atomic E-state index is 0.358. The third-order valence-electron chi connectivity index (χ3n) is 5.86. The third-order valence-corrected chi connectivity index (χ3v) is 5.86. The molecule has 5 nitrogen and oxygen atoms in total. The predicted octanol–water partition coefficient (Wildman–Crippen LogP) is 5.13. The zero-order chi connectivity index (χ0) is 20.3. The molecule has 1 unspecified atom stereocenters. The Hall–Kier alpha value is -3.08. The summed E-state index contributed by atoms with van der Waals surface area (Å²) in [7, 11) is 0. The number of aromatic nitrogens is 2. The number of nitrogen functional groups attached to an aromatic ring is 1. The molecular weight excluding hydrogens is 360 g/mol. The second-order valence-corrected chi connectivity index (χ2v) is 7.82. The van der Waals surface area contributed by atoms with E-state index >= 15 is 0 Å². The molecule has 0 amide bonds. The summed E-state index contributed by atoms with van der Waals surface area (Å²) in [6.07, 6.45) is 15.5. The van der Waals surface area contributed by atoms with Crippen LogP contribution in [-0.4, -0.2) is 16.0 Å². The number of allylic oxidation sites excluding steroid dienone is 3. The first-order chi connectivity index (χ1) is 14.1. The van der Waals surface area contributed by atoms with E-state index in [2.05, 4.69) is 34.4 Å². The van der Waals surface area contributed by atoms with Crippen LogP contribution in [-0.2, 0) is 5.54 Å². The number of benzene rings is 1. The van der Waals surface area contributed by atoms with Gasteiger partial charge in [0, 0.05) is 6.04 Å². The lowest BCUT2D eigenvalue weighted by molar-refractivity contribution is 0.333. The highest BCUT2D eigenvalue weighted by Crippen LogP contribution is 2.52. The summed E-state index contributed by atoms with van der Waals surface area (Å²) >= 11 is 0. The van der Waals surface area contributed by atoms with Crippen LogP contribution in [0.4, 0.5) is 11.6 Å². The van der Waals surface area contributed by atoms with Crippen LogP contribution in [0.3, 0.4) is 0 Å². The van der Waals surface area contributed by atoms with Gasteiger partial charge < -0.3 is 15.4 Å². The zero-order valence-corrected chi connectivity index (χ0v) is 16.9. The van der Waals surface area contributed by atoms with Crippen molar-refractivity contribution in [2.24, 2.45) is 0 Å². The van der Waals surface area contributed by atoms with Gasteiger partial charge in [-0.1, -0.05) is 56.2 Å². The van der Waals surface area contributed by atoms with Crippen molar-refractivity contribution in [2.75, 3.05) is 10.6 Å². The second-order valence-electron chi connectivity index (χ2n) is 7.82. The number of fused-ring (bicyclic) bond motifs is 1. The molecule has 0 spiro atoms. The number of nitrogens with two attached hydrogens (primary N) is 1. The number of hydrogen-bond acceptors (Lipinski definition) is 5. The van der Waals surface area contributed by atoms with E-state index in [4.69, 9.17) is 10.5 Å². The minimum Gasteiger partial charge on any atom is -0.457 e. The van der Waals surface area contributed by atoms with Gasteiger partial charge in [0.25, 0.3) is 0 Å². The smallest absolute Gasteiger partial charge is 0.141 e. The largest absolute Gasteiger partial charge is 0.457 e. The topological polar surface area (TPSA) is 64.3 Å². The quantitative estimate of drug-likeness (QED) is 0.549. The third kappa shape index (κ3) is 3.65. The van der Waals surface area contributed by atoms with Gasteiger partial charge in [0.2, 0.25) is 0 Å². The predicted molar refractivity (Wildman–Crippen MR) is 118 cm³/mol. The van der Waals surface area contributed by atoms with Crippen molar-refractivity contribution in [1.82, 2.24) is 9.97 Å². The van der Waals surface area contributed by atoms with Crippen molar-refractivity contribution in [1.29, 1.82) is 0 Å². The van der Waals surface area contributed by atoms with Crippen LogP contribution in [0.5, 0.6) is 5.75 Å². The molecule has 5 heteroatoms. The molecule has 0 radical (unpaired) electrons.